The molecule has 0 radical (unpaired) electrons. The summed E-state index contributed by atoms with van der Waals surface area (Å²) in [7, 11) is 0. The first-order valence-corrected chi connectivity index (χ1v) is 7.95. The second kappa shape index (κ2) is 6.70. The highest BCUT2D eigenvalue weighted by Gasteiger charge is 2.42. The van der Waals surface area contributed by atoms with E-state index in [-0.39, 0.29) is 11.6 Å². The van der Waals surface area contributed by atoms with Gasteiger partial charge in [0.05, 0.1) is 12.2 Å². The fourth-order valence-electron chi connectivity index (χ4n) is 3.71. The van der Waals surface area contributed by atoms with Crippen molar-refractivity contribution in [1.82, 2.24) is 20.1 Å². The second-order valence-electron chi connectivity index (χ2n) is 5.73. The third-order valence-electron chi connectivity index (χ3n) is 4.97. The number of hydrogen-bond acceptors (Lipinski definition) is 4. The van der Waals surface area contributed by atoms with Crippen LogP contribution < -0.4 is 11.3 Å². The Hall–Kier alpha value is -0.910. The number of hydrazine groups is 1. The normalized spacial score (nSPS) is 18.6. The molecule has 114 valence electrons. The van der Waals surface area contributed by atoms with Crippen LogP contribution in [0.1, 0.15) is 58.1 Å². The molecule has 1 atom stereocenters. The van der Waals surface area contributed by atoms with Gasteiger partial charge in [0.25, 0.3) is 0 Å². The van der Waals surface area contributed by atoms with Crippen LogP contribution >= 0.6 is 0 Å². The number of nitrogens with zero attached hydrogens (tertiary/aromatic N) is 3. The van der Waals surface area contributed by atoms with Crippen LogP contribution in [0.4, 0.5) is 0 Å². The Morgan fingerprint density at radius 3 is 2.40 bits per heavy atom. The van der Waals surface area contributed by atoms with Gasteiger partial charge in [-0.05, 0) is 45.7 Å². The molecule has 0 amide bonds. The summed E-state index contributed by atoms with van der Waals surface area (Å²) >= 11 is 0. The van der Waals surface area contributed by atoms with Gasteiger partial charge in [0.1, 0.15) is 0 Å². The van der Waals surface area contributed by atoms with E-state index in [1.165, 1.54) is 31.5 Å². The zero-order chi connectivity index (χ0) is 14.6. The monoisotopic (exact) mass is 279 g/mol. The van der Waals surface area contributed by atoms with Crippen molar-refractivity contribution in [2.45, 2.75) is 64.6 Å². The predicted molar refractivity (Wildman–Crippen MR) is 82.1 cm³/mol. The van der Waals surface area contributed by atoms with Gasteiger partial charge in [-0.15, -0.1) is 0 Å². The molecule has 5 nitrogen and oxygen atoms in total. The summed E-state index contributed by atoms with van der Waals surface area (Å²) in [6, 6.07) is 0.135. The summed E-state index contributed by atoms with van der Waals surface area (Å²) in [5.74, 6) is 5.95. The van der Waals surface area contributed by atoms with Gasteiger partial charge in [-0.3, -0.25) is 20.9 Å². The van der Waals surface area contributed by atoms with E-state index in [9.17, 15) is 0 Å². The summed E-state index contributed by atoms with van der Waals surface area (Å²) in [5, 5.41) is 4.41. The zero-order valence-electron chi connectivity index (χ0n) is 13.1. The summed E-state index contributed by atoms with van der Waals surface area (Å²) < 4.78 is 1.97. The minimum atomic E-state index is 0.0901. The van der Waals surface area contributed by atoms with E-state index in [0.29, 0.717) is 0 Å². The maximum atomic E-state index is 5.95. The van der Waals surface area contributed by atoms with Gasteiger partial charge in [0.2, 0.25) is 0 Å². The number of likely N-dealkylation sites (tertiary alicyclic amines) is 1. The molecule has 0 aliphatic carbocycles. The van der Waals surface area contributed by atoms with Gasteiger partial charge >= 0.3 is 0 Å². The molecule has 1 fully saturated rings. The number of hydrogen-bond donors (Lipinski definition) is 2. The van der Waals surface area contributed by atoms with E-state index in [2.05, 4.69) is 42.4 Å². The van der Waals surface area contributed by atoms with Gasteiger partial charge in [0, 0.05) is 23.8 Å². The molecule has 0 aromatic carbocycles. The molecule has 0 bridgehead atoms. The topological polar surface area (TPSA) is 59.1 Å². The molecule has 2 rings (SSSR count). The van der Waals surface area contributed by atoms with Crippen molar-refractivity contribution in [3.8, 4) is 0 Å². The van der Waals surface area contributed by atoms with E-state index in [1.807, 2.05) is 10.9 Å². The van der Waals surface area contributed by atoms with Crippen LogP contribution in [0.25, 0.3) is 0 Å². The van der Waals surface area contributed by atoms with Crippen LogP contribution in [0, 0.1) is 0 Å². The van der Waals surface area contributed by atoms with Crippen molar-refractivity contribution in [2.24, 2.45) is 5.84 Å². The molecule has 1 unspecified atom stereocenters. The highest BCUT2D eigenvalue weighted by Crippen LogP contribution is 2.38. The number of nitrogens with one attached hydrogen (secondary N) is 1. The molecule has 1 saturated heterocycles. The van der Waals surface area contributed by atoms with E-state index in [1.54, 1.807) is 0 Å². The van der Waals surface area contributed by atoms with Crippen LogP contribution in [0.5, 0.6) is 0 Å². The zero-order valence-corrected chi connectivity index (χ0v) is 13.1. The Labute approximate surface area is 122 Å². The first kappa shape index (κ1) is 15.5. The lowest BCUT2D eigenvalue weighted by Crippen LogP contribution is -2.56. The number of rotatable bonds is 7. The van der Waals surface area contributed by atoms with Crippen LogP contribution in [0.3, 0.4) is 0 Å². The molecule has 0 saturated carbocycles. The lowest BCUT2D eigenvalue weighted by Gasteiger charge is -2.46. The van der Waals surface area contributed by atoms with Gasteiger partial charge in [-0.2, -0.15) is 5.10 Å². The van der Waals surface area contributed by atoms with Crippen molar-refractivity contribution in [3.05, 3.63) is 18.0 Å². The predicted octanol–water partition coefficient (Wildman–Crippen LogP) is 2.06. The van der Waals surface area contributed by atoms with E-state index in [0.717, 1.165) is 19.4 Å². The first-order chi connectivity index (χ1) is 9.71. The summed E-state index contributed by atoms with van der Waals surface area (Å²) in [5.41, 5.74) is 4.37. The smallest absolute Gasteiger partial charge is 0.0674 e. The largest absolute Gasteiger partial charge is 0.296 e. The fourth-order valence-corrected chi connectivity index (χ4v) is 3.71. The maximum absolute atomic E-state index is 5.95. The average Bonchev–Trinajstić information content (AvgIpc) is 3.16. The van der Waals surface area contributed by atoms with Crippen molar-refractivity contribution in [3.63, 3.8) is 0 Å². The van der Waals surface area contributed by atoms with Crippen LogP contribution in [-0.2, 0) is 6.54 Å². The Kier molecular flexibility index (Phi) is 5.18. The molecular formula is C15H29N5. The Morgan fingerprint density at radius 1 is 1.30 bits per heavy atom. The number of nitrogens with two attached hydrogens (primary N) is 1. The van der Waals surface area contributed by atoms with E-state index >= 15 is 0 Å². The first-order valence-electron chi connectivity index (χ1n) is 7.95. The highest BCUT2D eigenvalue weighted by atomic mass is 15.3. The van der Waals surface area contributed by atoms with Crippen LogP contribution in [0.2, 0.25) is 0 Å². The van der Waals surface area contributed by atoms with Crippen molar-refractivity contribution in [1.29, 1.82) is 0 Å². The molecule has 1 aliphatic rings. The maximum Gasteiger partial charge on any atom is 0.0674 e. The van der Waals surface area contributed by atoms with Crippen LogP contribution in [0.15, 0.2) is 12.4 Å². The molecule has 1 aromatic rings. The van der Waals surface area contributed by atoms with Gasteiger partial charge in [-0.25, -0.2) is 0 Å². The molecule has 20 heavy (non-hydrogen) atoms. The quantitative estimate of drug-likeness (QED) is 0.592. The number of aryl methyl sites for hydroxylation is 1. The minimum absolute atomic E-state index is 0.0901. The van der Waals surface area contributed by atoms with E-state index in [4.69, 9.17) is 5.84 Å². The van der Waals surface area contributed by atoms with Crippen molar-refractivity contribution in [2.75, 3.05) is 13.1 Å². The van der Waals surface area contributed by atoms with Crippen LogP contribution in [-0.4, -0.2) is 33.3 Å². The summed E-state index contributed by atoms with van der Waals surface area (Å²) in [6.07, 6.45) is 8.87. The summed E-state index contributed by atoms with van der Waals surface area (Å²) in [6.45, 7) is 9.91. The Morgan fingerprint density at radius 2 is 1.95 bits per heavy atom. The summed E-state index contributed by atoms with van der Waals surface area (Å²) in [4.78, 5) is 2.63. The van der Waals surface area contributed by atoms with E-state index < -0.39 is 0 Å². The van der Waals surface area contributed by atoms with Gasteiger partial charge in [0.15, 0.2) is 0 Å². The van der Waals surface area contributed by atoms with Gasteiger partial charge < -0.3 is 0 Å². The Balaban J connectivity index is 2.33. The SMILES string of the molecule is CCn1cc(C(NN)C(CC)(CC)N2CCCC2)cn1. The molecule has 5 heteroatoms. The molecule has 2 heterocycles. The average molecular weight is 279 g/mol. The Bertz CT molecular complexity index is 404. The minimum Gasteiger partial charge on any atom is -0.296 e. The third kappa shape index (κ3) is 2.62. The third-order valence-corrected chi connectivity index (χ3v) is 4.97. The molecular weight excluding hydrogens is 250 g/mol. The van der Waals surface area contributed by atoms with Crippen molar-refractivity contribution >= 4 is 0 Å². The van der Waals surface area contributed by atoms with Crippen molar-refractivity contribution < 1.29 is 0 Å². The fraction of sp³-hybridized carbons (Fsp3) is 0.800. The lowest BCUT2D eigenvalue weighted by atomic mass is 9.80. The van der Waals surface area contributed by atoms with Gasteiger partial charge in [-0.1, -0.05) is 13.8 Å². The second-order valence-corrected chi connectivity index (χ2v) is 5.73. The molecule has 0 spiro atoms. The lowest BCUT2D eigenvalue weighted by molar-refractivity contribution is 0.0616. The standard InChI is InChI=1S/C15H29N5/c1-4-15(5-2,19-9-7-8-10-19)14(18-16)13-11-17-20(6-3)12-13/h11-12,14,18H,4-10,16H2,1-3H3. The highest BCUT2D eigenvalue weighted by molar-refractivity contribution is 5.18. The molecule has 3 N–H and O–H groups in total. The molecule has 1 aromatic heterocycles. The number of aromatic nitrogens is 2. The molecule has 1 aliphatic heterocycles.